The summed E-state index contributed by atoms with van der Waals surface area (Å²) < 4.78 is 5.71. The van der Waals surface area contributed by atoms with Crippen LogP contribution in [0.15, 0.2) is 36.4 Å². The van der Waals surface area contributed by atoms with Crippen LogP contribution in [0, 0.1) is 5.92 Å². The number of ether oxygens (including phenoxy) is 1. The van der Waals surface area contributed by atoms with E-state index in [0.717, 1.165) is 43.5 Å². The summed E-state index contributed by atoms with van der Waals surface area (Å²) in [5.74, 6) is 0.441. The molecule has 2 fully saturated rings. The number of likely N-dealkylation sites (tertiary alicyclic amines) is 2. The monoisotopic (exact) mass is 339 g/mol. The van der Waals surface area contributed by atoms with Gasteiger partial charge >= 0.3 is 0 Å². The Morgan fingerprint density at radius 2 is 2.08 bits per heavy atom. The number of nitrogens with zero attached hydrogens (tertiary/aromatic N) is 3. The highest BCUT2D eigenvalue weighted by molar-refractivity contribution is 5.95. The fourth-order valence-electron chi connectivity index (χ4n) is 4.37. The Hall–Kier alpha value is -1.98. The molecule has 5 nitrogen and oxygen atoms in total. The van der Waals surface area contributed by atoms with Crippen LogP contribution in [0.2, 0.25) is 0 Å². The van der Waals surface area contributed by atoms with E-state index < -0.39 is 0 Å². The lowest BCUT2D eigenvalue weighted by Gasteiger charge is -2.41. The molecular weight excluding hydrogens is 314 g/mol. The molecule has 1 aromatic heterocycles. The van der Waals surface area contributed by atoms with Gasteiger partial charge < -0.3 is 14.5 Å². The van der Waals surface area contributed by atoms with Gasteiger partial charge in [0, 0.05) is 38.0 Å². The van der Waals surface area contributed by atoms with Gasteiger partial charge in [-0.2, -0.15) is 0 Å². The third-order valence-electron chi connectivity index (χ3n) is 5.77. The molecule has 2 saturated heterocycles. The van der Waals surface area contributed by atoms with E-state index in [4.69, 9.17) is 4.74 Å². The minimum atomic E-state index is 0.0493. The number of hydrogen-bond donors (Lipinski definition) is 0. The van der Waals surface area contributed by atoms with Crippen LogP contribution in [0.4, 0.5) is 0 Å². The fourth-order valence-corrected chi connectivity index (χ4v) is 4.37. The van der Waals surface area contributed by atoms with Crippen molar-refractivity contribution in [2.75, 3.05) is 33.3 Å². The van der Waals surface area contributed by atoms with Crippen molar-refractivity contribution in [2.45, 2.75) is 25.5 Å². The van der Waals surface area contributed by atoms with Crippen molar-refractivity contribution >= 4 is 16.8 Å². The molecule has 0 bridgehead atoms. The number of benzene rings is 1. The van der Waals surface area contributed by atoms with Gasteiger partial charge in [0.05, 0.1) is 17.7 Å². The highest BCUT2D eigenvalue weighted by Crippen LogP contribution is 2.33. The number of aromatic nitrogens is 1. The molecule has 3 heterocycles. The first-order valence-corrected chi connectivity index (χ1v) is 9.13. The zero-order valence-corrected chi connectivity index (χ0v) is 14.9. The molecule has 3 atom stereocenters. The van der Waals surface area contributed by atoms with Crippen LogP contribution in [0.25, 0.3) is 10.9 Å². The molecule has 0 spiro atoms. The number of likely N-dealkylation sites (N-methyl/N-ethyl adjacent to an activating group) is 1. The van der Waals surface area contributed by atoms with E-state index in [1.807, 2.05) is 41.3 Å². The van der Waals surface area contributed by atoms with Crippen molar-refractivity contribution in [3.8, 4) is 0 Å². The molecule has 0 unspecified atom stereocenters. The topological polar surface area (TPSA) is 45.7 Å². The molecule has 0 aliphatic carbocycles. The number of para-hydroxylation sites is 1. The molecular formula is C20H25N3O2. The minimum Gasteiger partial charge on any atom is -0.381 e. The molecule has 0 N–H and O–H groups in total. The Kier molecular flexibility index (Phi) is 4.44. The van der Waals surface area contributed by atoms with Gasteiger partial charge in [0.15, 0.2) is 0 Å². The number of methoxy groups -OCH3 is 1. The Bertz CT molecular complexity index is 778. The van der Waals surface area contributed by atoms with Gasteiger partial charge in [-0.1, -0.05) is 31.2 Å². The normalized spacial score (nSPS) is 26.8. The molecule has 2 aliphatic heterocycles. The molecule has 0 radical (unpaired) electrons. The number of carbonyl (C=O) groups excluding carboxylic acids is 1. The van der Waals surface area contributed by atoms with Crippen molar-refractivity contribution < 1.29 is 9.53 Å². The lowest BCUT2D eigenvalue weighted by molar-refractivity contribution is -0.0158. The van der Waals surface area contributed by atoms with Crippen LogP contribution in [-0.4, -0.2) is 66.1 Å². The first-order chi connectivity index (χ1) is 12.2. The van der Waals surface area contributed by atoms with Gasteiger partial charge in [-0.15, -0.1) is 0 Å². The summed E-state index contributed by atoms with van der Waals surface area (Å²) >= 11 is 0. The van der Waals surface area contributed by atoms with Gasteiger partial charge in [0.2, 0.25) is 0 Å². The smallest absolute Gasteiger partial charge is 0.272 e. The van der Waals surface area contributed by atoms with E-state index in [2.05, 4.69) is 16.8 Å². The standard InChI is InChI=1S/C20H25N3O2/c1-3-22-12-15-18(13-22)23(11-10-19(15)25-2)20(24)17-9-8-14-6-4-5-7-16(14)21-17/h4-9,15,18-19H,3,10-13H2,1-2H3/t15-,18+,19+/m1/s1. The molecule has 1 aromatic carbocycles. The van der Waals surface area contributed by atoms with Gasteiger partial charge in [0.25, 0.3) is 5.91 Å². The second-order valence-electron chi connectivity index (χ2n) is 7.03. The Morgan fingerprint density at radius 3 is 2.88 bits per heavy atom. The zero-order valence-electron chi connectivity index (χ0n) is 14.9. The summed E-state index contributed by atoms with van der Waals surface area (Å²) in [5.41, 5.74) is 1.42. The maximum atomic E-state index is 13.2. The van der Waals surface area contributed by atoms with E-state index in [-0.39, 0.29) is 18.1 Å². The highest BCUT2D eigenvalue weighted by Gasteiger charge is 2.45. The Balaban J connectivity index is 1.62. The van der Waals surface area contributed by atoms with Gasteiger partial charge in [-0.3, -0.25) is 4.79 Å². The number of hydrogen-bond acceptors (Lipinski definition) is 4. The molecule has 1 amide bonds. The summed E-state index contributed by atoms with van der Waals surface area (Å²) in [6.45, 7) is 5.87. The maximum Gasteiger partial charge on any atom is 0.272 e. The van der Waals surface area contributed by atoms with E-state index in [1.54, 1.807) is 7.11 Å². The number of carbonyl (C=O) groups is 1. The fraction of sp³-hybridized carbons (Fsp3) is 0.500. The Labute approximate surface area is 148 Å². The molecule has 25 heavy (non-hydrogen) atoms. The summed E-state index contributed by atoms with van der Waals surface area (Å²) in [7, 11) is 1.79. The predicted molar refractivity (Wildman–Crippen MR) is 97.6 cm³/mol. The summed E-state index contributed by atoms with van der Waals surface area (Å²) in [6.07, 6.45) is 1.14. The summed E-state index contributed by atoms with van der Waals surface area (Å²) in [4.78, 5) is 22.2. The first kappa shape index (κ1) is 16.5. The average molecular weight is 339 g/mol. The third-order valence-corrected chi connectivity index (χ3v) is 5.77. The number of fused-ring (bicyclic) bond motifs is 2. The van der Waals surface area contributed by atoms with Crippen molar-refractivity contribution in [2.24, 2.45) is 5.92 Å². The second kappa shape index (κ2) is 6.73. The predicted octanol–water partition coefficient (Wildman–Crippen LogP) is 2.42. The van der Waals surface area contributed by atoms with Crippen LogP contribution in [-0.2, 0) is 4.74 Å². The SMILES string of the molecule is CCN1C[C@H]2[C@@H](OC)CCN(C(=O)c3ccc4ccccc4n3)[C@H]2C1. The van der Waals surface area contributed by atoms with Crippen LogP contribution in [0.1, 0.15) is 23.8 Å². The van der Waals surface area contributed by atoms with Gasteiger partial charge in [0.1, 0.15) is 5.69 Å². The second-order valence-corrected chi connectivity index (χ2v) is 7.03. The van der Waals surface area contributed by atoms with E-state index in [1.165, 1.54) is 0 Å². The van der Waals surface area contributed by atoms with Crippen LogP contribution >= 0.6 is 0 Å². The van der Waals surface area contributed by atoms with Gasteiger partial charge in [-0.05, 0) is 25.1 Å². The van der Waals surface area contributed by atoms with Gasteiger partial charge in [-0.25, -0.2) is 4.98 Å². The van der Waals surface area contributed by atoms with Crippen LogP contribution in [0.5, 0.6) is 0 Å². The number of amides is 1. The lowest BCUT2D eigenvalue weighted by Crippen LogP contribution is -2.53. The van der Waals surface area contributed by atoms with E-state index >= 15 is 0 Å². The first-order valence-electron chi connectivity index (χ1n) is 9.13. The molecule has 2 aliphatic rings. The number of piperidine rings is 1. The Morgan fingerprint density at radius 1 is 1.24 bits per heavy atom. The van der Waals surface area contributed by atoms with Crippen molar-refractivity contribution in [1.29, 1.82) is 0 Å². The van der Waals surface area contributed by atoms with Crippen LogP contribution < -0.4 is 0 Å². The van der Waals surface area contributed by atoms with Crippen molar-refractivity contribution in [3.05, 3.63) is 42.1 Å². The molecule has 4 rings (SSSR count). The lowest BCUT2D eigenvalue weighted by atomic mass is 9.88. The highest BCUT2D eigenvalue weighted by atomic mass is 16.5. The largest absolute Gasteiger partial charge is 0.381 e. The molecule has 132 valence electrons. The van der Waals surface area contributed by atoms with Crippen molar-refractivity contribution in [1.82, 2.24) is 14.8 Å². The van der Waals surface area contributed by atoms with Crippen molar-refractivity contribution in [3.63, 3.8) is 0 Å². The quantitative estimate of drug-likeness (QED) is 0.861. The maximum absolute atomic E-state index is 13.2. The van der Waals surface area contributed by atoms with E-state index in [9.17, 15) is 4.79 Å². The summed E-state index contributed by atoms with van der Waals surface area (Å²) in [6, 6.07) is 12.0. The number of pyridine rings is 1. The number of rotatable bonds is 3. The van der Waals surface area contributed by atoms with E-state index in [0.29, 0.717) is 11.6 Å². The molecule has 2 aromatic rings. The summed E-state index contributed by atoms with van der Waals surface area (Å²) in [5, 5.41) is 1.06. The molecule has 5 heteroatoms. The molecule has 0 saturated carbocycles. The van der Waals surface area contributed by atoms with Crippen LogP contribution in [0.3, 0.4) is 0 Å². The third kappa shape index (κ3) is 2.92. The zero-order chi connectivity index (χ0) is 17.4. The minimum absolute atomic E-state index is 0.0493. The average Bonchev–Trinajstić information content (AvgIpc) is 3.10.